The van der Waals surface area contributed by atoms with Gasteiger partial charge in [-0.25, -0.2) is 8.42 Å². The van der Waals surface area contributed by atoms with E-state index < -0.39 is 10.0 Å². The third-order valence-electron chi connectivity index (χ3n) is 5.45. The quantitative estimate of drug-likeness (QED) is 0.561. The molecule has 2 aromatic carbocycles. The molecule has 0 heterocycles. The number of benzene rings is 2. The minimum absolute atomic E-state index is 0.0262. The fourth-order valence-corrected chi connectivity index (χ4v) is 4.28. The van der Waals surface area contributed by atoms with Gasteiger partial charge in [-0.3, -0.25) is 13.9 Å². The molecule has 7 nitrogen and oxygen atoms in total. The summed E-state index contributed by atoms with van der Waals surface area (Å²) in [4.78, 5) is 25.1. The van der Waals surface area contributed by atoms with Crippen LogP contribution >= 0.6 is 0 Å². The average molecular weight is 460 g/mol. The van der Waals surface area contributed by atoms with Crippen LogP contribution in [0.3, 0.4) is 0 Å². The highest BCUT2D eigenvalue weighted by Gasteiger charge is 2.20. The van der Waals surface area contributed by atoms with Crippen LogP contribution in [0.5, 0.6) is 0 Å². The van der Waals surface area contributed by atoms with Gasteiger partial charge in [0.25, 0.3) is 5.91 Å². The van der Waals surface area contributed by atoms with Crippen molar-refractivity contribution in [1.29, 1.82) is 0 Å². The second kappa shape index (κ2) is 11.1. The van der Waals surface area contributed by atoms with Gasteiger partial charge >= 0.3 is 0 Å². The second-order valence-electron chi connectivity index (χ2n) is 8.03. The molecule has 32 heavy (non-hydrogen) atoms. The van der Waals surface area contributed by atoms with Crippen molar-refractivity contribution in [1.82, 2.24) is 5.32 Å². The average Bonchev–Trinajstić information content (AvgIpc) is 2.73. The number of amides is 2. The number of nitrogens with one attached hydrogen (secondary N) is 2. The van der Waals surface area contributed by atoms with Crippen LogP contribution < -0.4 is 14.9 Å². The number of nitrogens with zero attached hydrogens (tertiary/aromatic N) is 1. The van der Waals surface area contributed by atoms with Crippen LogP contribution in [0.15, 0.2) is 42.5 Å². The number of sulfonamides is 1. The lowest BCUT2D eigenvalue weighted by atomic mass is 10.1. The van der Waals surface area contributed by atoms with Gasteiger partial charge in [0, 0.05) is 19.0 Å². The van der Waals surface area contributed by atoms with Crippen molar-refractivity contribution >= 4 is 33.2 Å². The zero-order valence-corrected chi connectivity index (χ0v) is 20.3. The topological polar surface area (TPSA) is 95.6 Å². The molecule has 2 amide bonds. The number of anilines is 2. The van der Waals surface area contributed by atoms with E-state index in [0.29, 0.717) is 23.4 Å². The Morgan fingerprint density at radius 2 is 1.75 bits per heavy atom. The van der Waals surface area contributed by atoms with Crippen LogP contribution in [0, 0.1) is 13.8 Å². The highest BCUT2D eigenvalue weighted by Crippen LogP contribution is 2.25. The Kier molecular flexibility index (Phi) is 8.83. The smallest absolute Gasteiger partial charge is 0.253 e. The van der Waals surface area contributed by atoms with E-state index >= 15 is 0 Å². The first-order valence-corrected chi connectivity index (χ1v) is 12.6. The van der Waals surface area contributed by atoms with E-state index in [4.69, 9.17) is 0 Å². The molecule has 0 spiro atoms. The first-order valence-electron chi connectivity index (χ1n) is 10.8. The van der Waals surface area contributed by atoms with Crippen LogP contribution in [0.4, 0.5) is 11.4 Å². The molecule has 0 aliphatic carbocycles. The normalized spacial score (nSPS) is 12.2. The van der Waals surface area contributed by atoms with Crippen molar-refractivity contribution in [2.75, 3.05) is 22.4 Å². The van der Waals surface area contributed by atoms with Gasteiger partial charge in [-0.2, -0.15) is 0 Å². The van der Waals surface area contributed by atoms with Crippen LogP contribution in [-0.2, 0) is 14.8 Å². The number of hydrogen-bond donors (Lipinski definition) is 2. The first-order chi connectivity index (χ1) is 15.0. The molecule has 0 aliphatic heterocycles. The van der Waals surface area contributed by atoms with Crippen molar-refractivity contribution in [3.63, 3.8) is 0 Å². The Morgan fingerprint density at radius 1 is 1.06 bits per heavy atom. The van der Waals surface area contributed by atoms with Gasteiger partial charge in [0.1, 0.15) is 0 Å². The summed E-state index contributed by atoms with van der Waals surface area (Å²) in [5.41, 5.74) is 3.35. The number of aryl methyl sites for hydroxylation is 1. The fraction of sp³-hybridized carbons (Fsp3) is 0.417. The standard InChI is InChI=1S/C24H33N3O4S/c1-6-18(3)25-24(29)20-12-7-8-13-21(20)26-23(28)15-10-16-27(32(5,30)31)22-14-9-11-17(2)19(22)4/h7-9,11-14,18H,6,10,15-16H2,1-5H3,(H,25,29)(H,26,28). The van der Waals surface area contributed by atoms with E-state index in [9.17, 15) is 18.0 Å². The minimum atomic E-state index is -3.50. The highest BCUT2D eigenvalue weighted by atomic mass is 32.2. The molecule has 0 fully saturated rings. The summed E-state index contributed by atoms with van der Waals surface area (Å²) in [5.74, 6) is -0.517. The van der Waals surface area contributed by atoms with Crippen molar-refractivity contribution < 1.29 is 18.0 Å². The van der Waals surface area contributed by atoms with Gasteiger partial charge in [0.15, 0.2) is 0 Å². The Morgan fingerprint density at radius 3 is 2.41 bits per heavy atom. The molecule has 8 heteroatoms. The number of rotatable bonds is 10. The van der Waals surface area contributed by atoms with Crippen LogP contribution in [0.25, 0.3) is 0 Å². The molecule has 0 saturated carbocycles. The molecule has 2 rings (SSSR count). The number of carbonyl (C=O) groups excluding carboxylic acids is 2. The molecule has 0 saturated heterocycles. The van der Waals surface area contributed by atoms with E-state index in [1.54, 1.807) is 30.3 Å². The number of para-hydroxylation sites is 1. The summed E-state index contributed by atoms with van der Waals surface area (Å²) < 4.78 is 26.1. The first kappa shape index (κ1) is 25.4. The van der Waals surface area contributed by atoms with Crippen molar-refractivity contribution in [3.05, 3.63) is 59.2 Å². The second-order valence-corrected chi connectivity index (χ2v) is 9.94. The monoisotopic (exact) mass is 459 g/mol. The predicted octanol–water partition coefficient (Wildman–Crippen LogP) is 4.02. The summed E-state index contributed by atoms with van der Waals surface area (Å²) in [7, 11) is -3.50. The summed E-state index contributed by atoms with van der Waals surface area (Å²) in [6.07, 6.45) is 2.43. The van der Waals surface area contributed by atoms with Crippen LogP contribution in [-0.4, -0.2) is 39.1 Å². The molecular formula is C24H33N3O4S. The molecule has 0 radical (unpaired) electrons. The third-order valence-corrected chi connectivity index (χ3v) is 6.63. The van der Waals surface area contributed by atoms with Crippen molar-refractivity contribution in [2.24, 2.45) is 0 Å². The highest BCUT2D eigenvalue weighted by molar-refractivity contribution is 7.92. The maximum atomic E-state index is 12.5. The maximum absolute atomic E-state index is 12.5. The van der Waals surface area contributed by atoms with Gasteiger partial charge in [-0.15, -0.1) is 0 Å². The van der Waals surface area contributed by atoms with E-state index in [1.807, 2.05) is 39.8 Å². The lowest BCUT2D eigenvalue weighted by molar-refractivity contribution is -0.116. The van der Waals surface area contributed by atoms with E-state index in [-0.39, 0.29) is 30.8 Å². The Labute approximate surface area is 191 Å². The molecule has 174 valence electrons. The maximum Gasteiger partial charge on any atom is 0.253 e. The van der Waals surface area contributed by atoms with Crippen molar-refractivity contribution in [2.45, 2.75) is 53.0 Å². The SMILES string of the molecule is CCC(C)NC(=O)c1ccccc1NC(=O)CCCN(c1cccc(C)c1C)S(C)(=O)=O. The van der Waals surface area contributed by atoms with Gasteiger partial charge in [-0.1, -0.05) is 31.2 Å². The summed E-state index contributed by atoms with van der Waals surface area (Å²) in [6.45, 7) is 7.91. The zero-order chi connectivity index (χ0) is 23.9. The van der Waals surface area contributed by atoms with Crippen molar-refractivity contribution in [3.8, 4) is 0 Å². The summed E-state index contributed by atoms with van der Waals surface area (Å²) >= 11 is 0. The molecule has 2 N–H and O–H groups in total. The van der Waals surface area contributed by atoms with Gasteiger partial charge in [-0.05, 0) is 62.9 Å². The Hall–Kier alpha value is -2.87. The zero-order valence-electron chi connectivity index (χ0n) is 19.4. The third kappa shape index (κ3) is 6.82. The molecular weight excluding hydrogens is 426 g/mol. The van der Waals surface area contributed by atoms with Crippen LogP contribution in [0.1, 0.15) is 54.6 Å². The van der Waals surface area contributed by atoms with E-state index in [1.165, 1.54) is 10.6 Å². The van der Waals surface area contributed by atoms with E-state index in [2.05, 4.69) is 10.6 Å². The van der Waals surface area contributed by atoms with E-state index in [0.717, 1.165) is 17.5 Å². The summed E-state index contributed by atoms with van der Waals surface area (Å²) in [5, 5.41) is 5.69. The van der Waals surface area contributed by atoms with Crippen LogP contribution in [0.2, 0.25) is 0 Å². The van der Waals surface area contributed by atoms with Gasteiger partial charge < -0.3 is 10.6 Å². The largest absolute Gasteiger partial charge is 0.350 e. The lowest BCUT2D eigenvalue weighted by Crippen LogP contribution is -2.33. The molecule has 0 aliphatic rings. The molecule has 1 atom stereocenters. The number of carbonyl (C=O) groups is 2. The van der Waals surface area contributed by atoms with Gasteiger partial charge in [0.2, 0.25) is 15.9 Å². The summed E-state index contributed by atoms with van der Waals surface area (Å²) in [6, 6.07) is 12.4. The van der Waals surface area contributed by atoms with Gasteiger partial charge in [0.05, 0.1) is 23.2 Å². The molecule has 0 aromatic heterocycles. The Balaban J connectivity index is 2.05. The fourth-order valence-electron chi connectivity index (χ4n) is 3.26. The Bertz CT molecular complexity index is 1070. The molecule has 1 unspecified atom stereocenters. The number of hydrogen-bond acceptors (Lipinski definition) is 4. The predicted molar refractivity (Wildman–Crippen MR) is 130 cm³/mol. The minimum Gasteiger partial charge on any atom is -0.350 e. The lowest BCUT2D eigenvalue weighted by Gasteiger charge is -2.25. The molecule has 0 bridgehead atoms. The molecule has 2 aromatic rings.